The smallest absolute Gasteiger partial charge is 0.290 e. The van der Waals surface area contributed by atoms with E-state index >= 15 is 0 Å². The van der Waals surface area contributed by atoms with Gasteiger partial charge in [-0.05, 0) is 31.4 Å². The Hall–Kier alpha value is -1.78. The predicted molar refractivity (Wildman–Crippen MR) is 70.7 cm³/mol. The summed E-state index contributed by atoms with van der Waals surface area (Å²) >= 11 is 0. The first-order valence-corrected chi connectivity index (χ1v) is 6.86. The maximum Gasteiger partial charge on any atom is 0.290 e. The summed E-state index contributed by atoms with van der Waals surface area (Å²) in [5.74, 6) is 0.0530. The van der Waals surface area contributed by atoms with E-state index in [0.717, 1.165) is 25.7 Å². The number of nitrogens with zero attached hydrogens (tertiary/aromatic N) is 1. The number of hydrogen-bond acceptors (Lipinski definition) is 3. The minimum absolute atomic E-state index is 0.0501. The van der Waals surface area contributed by atoms with Crippen LogP contribution < -0.4 is 5.32 Å². The molecule has 1 aliphatic rings. The van der Waals surface area contributed by atoms with Crippen molar-refractivity contribution in [3.63, 3.8) is 0 Å². The number of unbranched alkanes of at least 4 members (excludes halogenated alkanes) is 1. The van der Waals surface area contributed by atoms with Gasteiger partial charge in [0.1, 0.15) is 6.04 Å². The summed E-state index contributed by atoms with van der Waals surface area (Å²) in [5.41, 5.74) is 0. The molecule has 1 aromatic heterocycles. The van der Waals surface area contributed by atoms with Crippen LogP contribution in [0.3, 0.4) is 0 Å². The molecule has 5 nitrogen and oxygen atoms in total. The third kappa shape index (κ3) is 3.16. The van der Waals surface area contributed by atoms with Crippen LogP contribution in [0.4, 0.5) is 0 Å². The molecule has 1 aliphatic heterocycles. The van der Waals surface area contributed by atoms with Gasteiger partial charge in [0.15, 0.2) is 5.76 Å². The number of nitrogens with one attached hydrogen (secondary N) is 1. The molecule has 1 atom stereocenters. The van der Waals surface area contributed by atoms with Crippen LogP contribution in [0.25, 0.3) is 0 Å². The molecule has 1 saturated heterocycles. The van der Waals surface area contributed by atoms with Crippen LogP contribution in [0.1, 0.15) is 43.2 Å². The van der Waals surface area contributed by atoms with E-state index in [4.69, 9.17) is 4.42 Å². The van der Waals surface area contributed by atoms with Gasteiger partial charge in [0.05, 0.1) is 6.26 Å². The monoisotopic (exact) mass is 264 g/mol. The molecule has 0 aliphatic carbocycles. The summed E-state index contributed by atoms with van der Waals surface area (Å²) in [6, 6.07) is 2.96. The van der Waals surface area contributed by atoms with Gasteiger partial charge in [-0.25, -0.2) is 0 Å². The fraction of sp³-hybridized carbons (Fsp3) is 0.571. The summed E-state index contributed by atoms with van der Waals surface area (Å²) in [7, 11) is 0. The van der Waals surface area contributed by atoms with Gasteiger partial charge >= 0.3 is 0 Å². The molecular formula is C14H20N2O3. The number of rotatable bonds is 5. The molecule has 1 N–H and O–H groups in total. The molecule has 1 aromatic rings. The first-order valence-electron chi connectivity index (χ1n) is 6.86. The highest BCUT2D eigenvalue weighted by molar-refractivity contribution is 5.95. The number of furan rings is 1. The van der Waals surface area contributed by atoms with Gasteiger partial charge in [0.25, 0.3) is 5.91 Å². The summed E-state index contributed by atoms with van der Waals surface area (Å²) in [6.07, 6.45) is 5.06. The molecule has 19 heavy (non-hydrogen) atoms. The van der Waals surface area contributed by atoms with Gasteiger partial charge < -0.3 is 14.6 Å². The van der Waals surface area contributed by atoms with Gasteiger partial charge in [-0.1, -0.05) is 13.3 Å². The van der Waals surface area contributed by atoms with Crippen molar-refractivity contribution in [1.29, 1.82) is 0 Å². The van der Waals surface area contributed by atoms with Crippen LogP contribution in [-0.2, 0) is 4.79 Å². The summed E-state index contributed by atoms with van der Waals surface area (Å²) in [4.78, 5) is 25.9. The quantitative estimate of drug-likeness (QED) is 0.825. The Morgan fingerprint density at radius 2 is 2.37 bits per heavy atom. The van der Waals surface area contributed by atoms with E-state index < -0.39 is 0 Å². The normalized spacial score (nSPS) is 18.6. The van der Waals surface area contributed by atoms with Crippen molar-refractivity contribution in [2.75, 3.05) is 13.1 Å². The Morgan fingerprint density at radius 1 is 1.53 bits per heavy atom. The van der Waals surface area contributed by atoms with Crippen LogP contribution in [0, 0.1) is 0 Å². The molecule has 0 bridgehead atoms. The van der Waals surface area contributed by atoms with Gasteiger partial charge in [0, 0.05) is 13.1 Å². The van der Waals surface area contributed by atoms with Gasteiger partial charge in [0.2, 0.25) is 5.91 Å². The molecule has 0 radical (unpaired) electrons. The number of likely N-dealkylation sites (tertiary alicyclic amines) is 1. The lowest BCUT2D eigenvalue weighted by Crippen LogP contribution is -2.46. The zero-order chi connectivity index (χ0) is 13.7. The maximum atomic E-state index is 12.2. The van der Waals surface area contributed by atoms with E-state index in [1.54, 1.807) is 17.0 Å². The lowest BCUT2D eigenvalue weighted by atomic mass is 10.2. The second kappa shape index (κ2) is 6.41. The van der Waals surface area contributed by atoms with Crippen LogP contribution in [-0.4, -0.2) is 35.8 Å². The van der Waals surface area contributed by atoms with Crippen LogP contribution in [0.5, 0.6) is 0 Å². The van der Waals surface area contributed by atoms with Crippen molar-refractivity contribution in [3.05, 3.63) is 24.2 Å². The SMILES string of the molecule is CCCCNC(=O)C1CCCN1C(=O)c1ccco1. The minimum atomic E-state index is -0.352. The van der Waals surface area contributed by atoms with E-state index in [9.17, 15) is 9.59 Å². The molecular weight excluding hydrogens is 244 g/mol. The zero-order valence-corrected chi connectivity index (χ0v) is 11.2. The largest absolute Gasteiger partial charge is 0.459 e. The lowest BCUT2D eigenvalue weighted by Gasteiger charge is -2.22. The van der Waals surface area contributed by atoms with E-state index in [1.165, 1.54) is 6.26 Å². The van der Waals surface area contributed by atoms with E-state index in [1.807, 2.05) is 0 Å². The molecule has 0 spiro atoms. The van der Waals surface area contributed by atoms with Crippen molar-refractivity contribution >= 4 is 11.8 Å². The molecule has 1 unspecified atom stereocenters. The highest BCUT2D eigenvalue weighted by atomic mass is 16.3. The zero-order valence-electron chi connectivity index (χ0n) is 11.2. The fourth-order valence-electron chi connectivity index (χ4n) is 2.33. The first kappa shape index (κ1) is 13.6. The Labute approximate surface area is 113 Å². The maximum absolute atomic E-state index is 12.2. The summed E-state index contributed by atoms with van der Waals surface area (Å²) in [6.45, 7) is 3.37. The number of carbonyl (C=O) groups is 2. The van der Waals surface area contributed by atoms with Crippen LogP contribution in [0.15, 0.2) is 22.8 Å². The third-order valence-corrected chi connectivity index (χ3v) is 3.38. The van der Waals surface area contributed by atoms with Crippen LogP contribution in [0.2, 0.25) is 0 Å². The second-order valence-electron chi connectivity index (χ2n) is 4.78. The number of hydrogen-bond donors (Lipinski definition) is 1. The van der Waals surface area contributed by atoms with E-state index in [-0.39, 0.29) is 17.9 Å². The highest BCUT2D eigenvalue weighted by Gasteiger charge is 2.35. The number of carbonyl (C=O) groups excluding carboxylic acids is 2. The first-order chi connectivity index (χ1) is 9.24. The Morgan fingerprint density at radius 3 is 3.05 bits per heavy atom. The molecule has 5 heteroatoms. The van der Waals surface area contributed by atoms with Crippen molar-refractivity contribution in [3.8, 4) is 0 Å². The lowest BCUT2D eigenvalue weighted by molar-refractivity contribution is -0.124. The van der Waals surface area contributed by atoms with E-state index in [2.05, 4.69) is 12.2 Å². The summed E-state index contributed by atoms with van der Waals surface area (Å²) < 4.78 is 5.11. The topological polar surface area (TPSA) is 62.6 Å². The molecule has 104 valence electrons. The molecule has 0 saturated carbocycles. The van der Waals surface area contributed by atoms with Crippen molar-refractivity contribution in [1.82, 2.24) is 10.2 Å². The molecule has 2 heterocycles. The molecule has 2 rings (SSSR count). The van der Waals surface area contributed by atoms with Gasteiger partial charge in [-0.3, -0.25) is 9.59 Å². The highest BCUT2D eigenvalue weighted by Crippen LogP contribution is 2.20. The molecule has 1 fully saturated rings. The van der Waals surface area contributed by atoms with E-state index in [0.29, 0.717) is 18.8 Å². The number of amides is 2. The Bertz CT molecular complexity index is 428. The molecule has 2 amide bonds. The van der Waals surface area contributed by atoms with Crippen LogP contribution >= 0.6 is 0 Å². The van der Waals surface area contributed by atoms with Crippen molar-refractivity contribution < 1.29 is 14.0 Å². The molecule has 0 aromatic carbocycles. The van der Waals surface area contributed by atoms with Crippen molar-refractivity contribution in [2.24, 2.45) is 0 Å². The van der Waals surface area contributed by atoms with Crippen molar-refractivity contribution in [2.45, 2.75) is 38.6 Å². The average Bonchev–Trinajstić information content (AvgIpc) is 3.09. The summed E-state index contributed by atoms with van der Waals surface area (Å²) in [5, 5.41) is 2.89. The second-order valence-corrected chi connectivity index (χ2v) is 4.78. The predicted octanol–water partition coefficient (Wildman–Crippen LogP) is 1.80. The van der Waals surface area contributed by atoms with Gasteiger partial charge in [-0.2, -0.15) is 0 Å². The standard InChI is InChI=1S/C14H20N2O3/c1-2-3-8-15-13(17)11-6-4-9-16(11)14(18)12-7-5-10-19-12/h5,7,10-11H,2-4,6,8-9H2,1H3,(H,15,17). The third-order valence-electron chi connectivity index (χ3n) is 3.38. The Balaban J connectivity index is 1.96. The van der Waals surface area contributed by atoms with Gasteiger partial charge in [-0.15, -0.1) is 0 Å². The minimum Gasteiger partial charge on any atom is -0.459 e. The average molecular weight is 264 g/mol. The fourth-order valence-corrected chi connectivity index (χ4v) is 2.33. The Kier molecular flexibility index (Phi) is 4.60.